The molecule has 5 nitrogen and oxygen atoms in total. The van der Waals surface area contributed by atoms with Crippen molar-refractivity contribution in [1.29, 1.82) is 0 Å². The first-order valence-electron chi connectivity index (χ1n) is 8.77. The number of hydrogen-bond acceptors (Lipinski definition) is 4. The molecule has 0 bridgehead atoms. The van der Waals surface area contributed by atoms with Crippen LogP contribution in [0.4, 0.5) is 0 Å². The smallest absolute Gasteiger partial charge is 0.222 e. The average Bonchev–Trinajstić information content (AvgIpc) is 2.48. The molecule has 0 N–H and O–H groups in total. The Hall–Kier alpha value is -0.650. The summed E-state index contributed by atoms with van der Waals surface area (Å²) in [6.07, 6.45) is 1.93. The van der Waals surface area contributed by atoms with E-state index in [1.54, 1.807) is 0 Å². The normalized spacial score (nSPS) is 25.5. The first-order chi connectivity index (χ1) is 10.4. The Labute approximate surface area is 135 Å². The highest BCUT2D eigenvalue weighted by molar-refractivity contribution is 5.76. The highest BCUT2D eigenvalue weighted by Crippen LogP contribution is 2.18. The van der Waals surface area contributed by atoms with E-state index >= 15 is 0 Å². The number of carbonyl (C=O) groups is 1. The number of nitrogens with zero attached hydrogens (tertiary/aromatic N) is 3. The van der Waals surface area contributed by atoms with E-state index in [9.17, 15) is 4.79 Å². The first-order valence-corrected chi connectivity index (χ1v) is 8.77. The number of rotatable bonds is 4. The van der Waals surface area contributed by atoms with Crippen LogP contribution in [0, 0.1) is 0 Å². The lowest BCUT2D eigenvalue weighted by atomic mass is 10.0. The van der Waals surface area contributed by atoms with Crippen molar-refractivity contribution in [2.24, 2.45) is 0 Å². The molecule has 2 fully saturated rings. The van der Waals surface area contributed by atoms with E-state index in [1.807, 2.05) is 4.90 Å². The fraction of sp³-hybridized carbons (Fsp3) is 0.941. The predicted molar refractivity (Wildman–Crippen MR) is 89.0 cm³/mol. The van der Waals surface area contributed by atoms with Crippen molar-refractivity contribution in [2.45, 2.75) is 52.2 Å². The van der Waals surface area contributed by atoms with Crippen molar-refractivity contribution in [1.82, 2.24) is 14.7 Å². The fourth-order valence-electron chi connectivity index (χ4n) is 3.28. The number of piperazine rings is 1. The molecule has 0 spiro atoms. The lowest BCUT2D eigenvalue weighted by Crippen LogP contribution is -2.56. The van der Waals surface area contributed by atoms with E-state index in [4.69, 9.17) is 4.74 Å². The molecule has 2 saturated heterocycles. The predicted octanol–water partition coefficient (Wildman–Crippen LogP) is 1.43. The van der Waals surface area contributed by atoms with E-state index in [-0.39, 0.29) is 5.54 Å². The van der Waals surface area contributed by atoms with Gasteiger partial charge in [-0.15, -0.1) is 0 Å². The third kappa shape index (κ3) is 4.93. The van der Waals surface area contributed by atoms with Crippen LogP contribution < -0.4 is 0 Å². The molecule has 0 aromatic rings. The molecular weight excluding hydrogens is 278 g/mol. The molecule has 0 saturated carbocycles. The zero-order chi connectivity index (χ0) is 16.2. The molecule has 5 heteroatoms. The van der Waals surface area contributed by atoms with Crippen molar-refractivity contribution in [2.75, 3.05) is 52.4 Å². The van der Waals surface area contributed by atoms with Crippen molar-refractivity contribution >= 4 is 5.91 Å². The first kappa shape index (κ1) is 17.7. The number of morpholine rings is 1. The summed E-state index contributed by atoms with van der Waals surface area (Å²) in [4.78, 5) is 18.9. The Bertz CT molecular complexity index is 359. The highest BCUT2D eigenvalue weighted by Gasteiger charge is 2.30. The Morgan fingerprint density at radius 3 is 2.41 bits per heavy atom. The van der Waals surface area contributed by atoms with Crippen LogP contribution in [0.15, 0.2) is 0 Å². The van der Waals surface area contributed by atoms with Crippen LogP contribution in [0.25, 0.3) is 0 Å². The van der Waals surface area contributed by atoms with Gasteiger partial charge < -0.3 is 9.64 Å². The summed E-state index contributed by atoms with van der Waals surface area (Å²) >= 11 is 0. The van der Waals surface area contributed by atoms with Crippen molar-refractivity contribution in [3.8, 4) is 0 Å². The third-order valence-corrected chi connectivity index (χ3v) is 4.74. The number of ether oxygens (including phenoxy) is 1. The fourth-order valence-corrected chi connectivity index (χ4v) is 3.28. The molecule has 22 heavy (non-hydrogen) atoms. The van der Waals surface area contributed by atoms with Crippen LogP contribution in [0.1, 0.15) is 40.5 Å². The Balaban J connectivity index is 1.75. The van der Waals surface area contributed by atoms with Crippen LogP contribution in [0.5, 0.6) is 0 Å². The van der Waals surface area contributed by atoms with Gasteiger partial charge in [-0.25, -0.2) is 0 Å². The van der Waals surface area contributed by atoms with E-state index < -0.39 is 0 Å². The Kier molecular flexibility index (Phi) is 6.24. The van der Waals surface area contributed by atoms with Gasteiger partial charge in [0.15, 0.2) is 0 Å². The number of carbonyl (C=O) groups excluding carboxylic acids is 1. The van der Waals surface area contributed by atoms with Gasteiger partial charge in [0.05, 0.1) is 12.7 Å². The molecule has 2 aliphatic heterocycles. The van der Waals surface area contributed by atoms with Gasteiger partial charge in [-0.3, -0.25) is 14.6 Å². The maximum absolute atomic E-state index is 11.9. The summed E-state index contributed by atoms with van der Waals surface area (Å²) in [6, 6.07) is 0. The lowest BCUT2D eigenvalue weighted by Gasteiger charge is -2.43. The van der Waals surface area contributed by atoms with Crippen molar-refractivity contribution < 1.29 is 9.53 Å². The summed E-state index contributed by atoms with van der Waals surface area (Å²) in [5.41, 5.74) is 0.216. The third-order valence-electron chi connectivity index (χ3n) is 4.74. The maximum Gasteiger partial charge on any atom is 0.222 e. The van der Waals surface area contributed by atoms with Crippen LogP contribution in [-0.2, 0) is 9.53 Å². The zero-order valence-corrected chi connectivity index (χ0v) is 14.8. The number of amides is 1. The van der Waals surface area contributed by atoms with E-state index in [0.717, 1.165) is 58.8 Å². The van der Waals surface area contributed by atoms with Gasteiger partial charge >= 0.3 is 0 Å². The van der Waals surface area contributed by atoms with E-state index in [2.05, 4.69) is 37.5 Å². The molecule has 1 unspecified atom stereocenters. The second-order valence-electron chi connectivity index (χ2n) is 7.54. The van der Waals surface area contributed by atoms with Gasteiger partial charge in [-0.05, 0) is 27.2 Å². The zero-order valence-electron chi connectivity index (χ0n) is 14.8. The molecular formula is C17H33N3O2. The molecule has 1 atom stereocenters. The minimum Gasteiger partial charge on any atom is -0.374 e. The monoisotopic (exact) mass is 311 g/mol. The van der Waals surface area contributed by atoms with Gasteiger partial charge in [-0.2, -0.15) is 0 Å². The molecule has 2 heterocycles. The SMILES string of the molecule is CCCC(=O)N1CCN(CC2CN(C(C)(C)C)CCO2)CC1. The summed E-state index contributed by atoms with van der Waals surface area (Å²) in [5, 5.41) is 0. The van der Waals surface area contributed by atoms with E-state index in [1.165, 1.54) is 0 Å². The minimum absolute atomic E-state index is 0.216. The summed E-state index contributed by atoms with van der Waals surface area (Å²) in [5.74, 6) is 0.315. The topological polar surface area (TPSA) is 36.0 Å². The van der Waals surface area contributed by atoms with Crippen molar-refractivity contribution in [3.63, 3.8) is 0 Å². The van der Waals surface area contributed by atoms with Gasteiger partial charge in [0.25, 0.3) is 0 Å². The molecule has 0 radical (unpaired) electrons. The van der Waals surface area contributed by atoms with Crippen LogP contribution in [0.2, 0.25) is 0 Å². The van der Waals surface area contributed by atoms with Gasteiger partial charge in [-0.1, -0.05) is 6.92 Å². The molecule has 2 aliphatic rings. The Morgan fingerprint density at radius 1 is 1.14 bits per heavy atom. The molecule has 128 valence electrons. The Morgan fingerprint density at radius 2 is 1.82 bits per heavy atom. The summed E-state index contributed by atoms with van der Waals surface area (Å²) < 4.78 is 5.96. The summed E-state index contributed by atoms with van der Waals surface area (Å²) in [6.45, 7) is 16.4. The maximum atomic E-state index is 11.9. The molecule has 2 rings (SSSR count). The van der Waals surface area contributed by atoms with Crippen LogP contribution in [0.3, 0.4) is 0 Å². The standard InChI is InChI=1S/C17H33N3O2/c1-5-6-16(21)19-9-7-18(8-10-19)13-15-14-20(11-12-22-15)17(2,3)4/h15H,5-14H2,1-4H3. The molecule has 0 aromatic carbocycles. The molecule has 1 amide bonds. The second kappa shape index (κ2) is 7.75. The summed E-state index contributed by atoms with van der Waals surface area (Å²) in [7, 11) is 0. The largest absolute Gasteiger partial charge is 0.374 e. The van der Waals surface area contributed by atoms with E-state index in [0.29, 0.717) is 18.4 Å². The van der Waals surface area contributed by atoms with Gasteiger partial charge in [0.1, 0.15) is 0 Å². The second-order valence-corrected chi connectivity index (χ2v) is 7.54. The van der Waals surface area contributed by atoms with Gasteiger partial charge in [0.2, 0.25) is 5.91 Å². The quantitative estimate of drug-likeness (QED) is 0.787. The average molecular weight is 311 g/mol. The van der Waals surface area contributed by atoms with Gasteiger partial charge in [0, 0.05) is 57.8 Å². The van der Waals surface area contributed by atoms with Crippen LogP contribution >= 0.6 is 0 Å². The highest BCUT2D eigenvalue weighted by atomic mass is 16.5. The lowest BCUT2D eigenvalue weighted by molar-refractivity contribution is -0.133. The minimum atomic E-state index is 0.216. The van der Waals surface area contributed by atoms with Crippen molar-refractivity contribution in [3.05, 3.63) is 0 Å². The molecule has 0 aliphatic carbocycles. The number of hydrogen-bond donors (Lipinski definition) is 0. The molecule has 0 aromatic heterocycles. The van der Waals surface area contributed by atoms with Crippen LogP contribution in [-0.4, -0.2) is 84.7 Å².